The first-order chi connectivity index (χ1) is 7.41. The lowest BCUT2D eigenvalue weighted by atomic mass is 10.2. The van der Waals surface area contributed by atoms with Crippen molar-refractivity contribution >= 4 is 26.7 Å². The van der Waals surface area contributed by atoms with Crippen molar-refractivity contribution in [2.45, 2.75) is 18.7 Å². The van der Waals surface area contributed by atoms with Gasteiger partial charge in [-0.2, -0.15) is 0 Å². The molecule has 0 radical (unpaired) electrons. The Labute approximate surface area is 104 Å². The molecule has 0 fully saturated rings. The van der Waals surface area contributed by atoms with Gasteiger partial charge in [-0.25, -0.2) is 8.78 Å². The SMILES string of the molecule is CC(N)CS(=O)Cc1c(F)ccc(Br)c1F. The van der Waals surface area contributed by atoms with Gasteiger partial charge in [0.05, 0.1) is 10.2 Å². The van der Waals surface area contributed by atoms with Gasteiger partial charge in [-0.3, -0.25) is 4.21 Å². The monoisotopic (exact) mass is 311 g/mol. The second-order valence-electron chi connectivity index (χ2n) is 3.55. The molecule has 0 aliphatic rings. The van der Waals surface area contributed by atoms with E-state index in [0.29, 0.717) is 0 Å². The number of nitrogens with two attached hydrogens (primary N) is 1. The summed E-state index contributed by atoms with van der Waals surface area (Å²) in [5.74, 6) is -1.30. The quantitative estimate of drug-likeness (QED) is 0.867. The lowest BCUT2D eigenvalue weighted by molar-refractivity contribution is 0.560. The summed E-state index contributed by atoms with van der Waals surface area (Å²) in [7, 11) is -1.36. The molecule has 2 N–H and O–H groups in total. The van der Waals surface area contributed by atoms with Crippen molar-refractivity contribution in [3.8, 4) is 0 Å². The summed E-state index contributed by atoms with van der Waals surface area (Å²) >= 11 is 2.96. The van der Waals surface area contributed by atoms with Gasteiger partial charge in [0.25, 0.3) is 0 Å². The molecule has 1 aromatic rings. The van der Waals surface area contributed by atoms with Crippen molar-refractivity contribution in [1.82, 2.24) is 0 Å². The molecular formula is C10H12BrF2NOS. The highest BCUT2D eigenvalue weighted by atomic mass is 79.9. The summed E-state index contributed by atoms with van der Waals surface area (Å²) in [4.78, 5) is 0. The zero-order valence-electron chi connectivity index (χ0n) is 8.67. The van der Waals surface area contributed by atoms with Crippen LogP contribution in [-0.2, 0) is 16.6 Å². The van der Waals surface area contributed by atoms with Gasteiger partial charge < -0.3 is 5.73 Å². The van der Waals surface area contributed by atoms with Gasteiger partial charge in [-0.05, 0) is 35.0 Å². The molecule has 1 aromatic carbocycles. The zero-order valence-corrected chi connectivity index (χ0v) is 11.1. The summed E-state index contributed by atoms with van der Waals surface area (Å²) < 4.78 is 38.5. The summed E-state index contributed by atoms with van der Waals surface area (Å²) in [6.07, 6.45) is 0. The van der Waals surface area contributed by atoms with Crippen molar-refractivity contribution in [2.24, 2.45) is 5.73 Å². The highest BCUT2D eigenvalue weighted by Gasteiger charge is 2.15. The van der Waals surface area contributed by atoms with Crippen LogP contribution < -0.4 is 5.73 Å². The molecule has 0 bridgehead atoms. The van der Waals surface area contributed by atoms with Crippen LogP contribution in [0.1, 0.15) is 12.5 Å². The summed E-state index contributed by atoms with van der Waals surface area (Å²) in [5.41, 5.74) is 5.30. The third-order valence-corrected chi connectivity index (χ3v) is 4.01. The highest BCUT2D eigenvalue weighted by molar-refractivity contribution is 9.10. The van der Waals surface area contributed by atoms with Crippen LogP contribution in [0.2, 0.25) is 0 Å². The Balaban J connectivity index is 2.88. The number of benzene rings is 1. The van der Waals surface area contributed by atoms with Crippen LogP contribution in [0.3, 0.4) is 0 Å². The Kier molecular flexibility index (Phi) is 5.01. The predicted octanol–water partition coefficient (Wildman–Crippen LogP) is 2.32. The van der Waals surface area contributed by atoms with E-state index in [-0.39, 0.29) is 27.6 Å². The first kappa shape index (κ1) is 13.7. The Morgan fingerprint density at radius 3 is 2.69 bits per heavy atom. The number of hydrogen-bond donors (Lipinski definition) is 1. The zero-order chi connectivity index (χ0) is 12.3. The third kappa shape index (κ3) is 3.61. The Morgan fingerprint density at radius 2 is 2.12 bits per heavy atom. The van der Waals surface area contributed by atoms with Crippen molar-refractivity contribution < 1.29 is 13.0 Å². The van der Waals surface area contributed by atoms with E-state index in [1.807, 2.05) is 0 Å². The molecule has 2 unspecified atom stereocenters. The van der Waals surface area contributed by atoms with E-state index in [2.05, 4.69) is 15.9 Å². The minimum Gasteiger partial charge on any atom is -0.327 e. The van der Waals surface area contributed by atoms with Gasteiger partial charge >= 0.3 is 0 Å². The van der Waals surface area contributed by atoms with Crippen molar-refractivity contribution in [3.63, 3.8) is 0 Å². The van der Waals surface area contributed by atoms with E-state index in [1.54, 1.807) is 6.92 Å². The van der Waals surface area contributed by atoms with Crippen molar-refractivity contribution in [3.05, 3.63) is 33.8 Å². The van der Waals surface area contributed by atoms with Gasteiger partial charge in [0.2, 0.25) is 0 Å². The molecule has 1 rings (SSSR count). The van der Waals surface area contributed by atoms with Crippen LogP contribution in [0.4, 0.5) is 8.78 Å². The Hall–Kier alpha value is -0.330. The standard InChI is InChI=1S/C10H12BrF2NOS/c1-6(14)4-16(15)5-7-9(12)3-2-8(11)10(7)13/h2-3,6H,4-5,14H2,1H3. The molecule has 0 heterocycles. The molecule has 0 aromatic heterocycles. The highest BCUT2D eigenvalue weighted by Crippen LogP contribution is 2.22. The fourth-order valence-electron chi connectivity index (χ4n) is 1.21. The molecule has 0 aliphatic heterocycles. The van der Waals surface area contributed by atoms with Crippen LogP contribution in [0.25, 0.3) is 0 Å². The number of halogens is 3. The minimum absolute atomic E-state index is 0.154. The van der Waals surface area contributed by atoms with Crippen molar-refractivity contribution in [1.29, 1.82) is 0 Å². The third-order valence-electron chi connectivity index (χ3n) is 1.89. The topological polar surface area (TPSA) is 43.1 Å². The van der Waals surface area contributed by atoms with Gasteiger partial charge in [0.1, 0.15) is 11.6 Å². The molecule has 0 aliphatic carbocycles. The normalized spacial score (nSPS) is 14.8. The first-order valence-corrected chi connectivity index (χ1v) is 6.93. The van der Waals surface area contributed by atoms with E-state index in [1.165, 1.54) is 6.07 Å². The second-order valence-corrected chi connectivity index (χ2v) is 5.91. The van der Waals surface area contributed by atoms with Gasteiger partial charge in [-0.15, -0.1) is 0 Å². The maximum absolute atomic E-state index is 13.5. The molecule has 0 spiro atoms. The fraction of sp³-hybridized carbons (Fsp3) is 0.400. The molecule has 0 saturated carbocycles. The van der Waals surface area contributed by atoms with Gasteiger partial charge in [-0.1, -0.05) is 0 Å². The average molecular weight is 312 g/mol. The maximum Gasteiger partial charge on any atom is 0.144 e. The molecule has 0 amide bonds. The number of hydrogen-bond acceptors (Lipinski definition) is 2. The summed E-state index contributed by atoms with van der Waals surface area (Å²) in [6.45, 7) is 1.70. The lowest BCUT2D eigenvalue weighted by Crippen LogP contribution is -2.24. The predicted molar refractivity (Wildman–Crippen MR) is 64.4 cm³/mol. The van der Waals surface area contributed by atoms with Crippen LogP contribution >= 0.6 is 15.9 Å². The maximum atomic E-state index is 13.5. The summed E-state index contributed by atoms with van der Waals surface area (Å²) in [6, 6.07) is 2.17. The molecule has 2 atom stereocenters. The van der Waals surface area contributed by atoms with Gasteiger partial charge in [0.15, 0.2) is 0 Å². The Bertz CT molecular complexity index is 412. The van der Waals surface area contributed by atoms with Crippen LogP contribution in [0, 0.1) is 11.6 Å². The van der Waals surface area contributed by atoms with E-state index in [0.717, 1.165) is 6.07 Å². The first-order valence-electron chi connectivity index (χ1n) is 4.64. The summed E-state index contributed by atoms with van der Waals surface area (Å²) in [5, 5.41) is 0. The van der Waals surface area contributed by atoms with E-state index in [4.69, 9.17) is 5.73 Å². The molecule has 6 heteroatoms. The molecule has 90 valence electrons. The smallest absolute Gasteiger partial charge is 0.144 e. The molecule has 16 heavy (non-hydrogen) atoms. The lowest BCUT2D eigenvalue weighted by Gasteiger charge is -2.08. The van der Waals surface area contributed by atoms with E-state index < -0.39 is 22.4 Å². The second kappa shape index (κ2) is 5.84. The molecule has 0 saturated heterocycles. The minimum atomic E-state index is -1.36. The largest absolute Gasteiger partial charge is 0.327 e. The average Bonchev–Trinajstić information content (AvgIpc) is 2.17. The van der Waals surface area contributed by atoms with E-state index >= 15 is 0 Å². The molecular weight excluding hydrogens is 300 g/mol. The van der Waals surface area contributed by atoms with Crippen LogP contribution in [0.5, 0.6) is 0 Å². The van der Waals surface area contributed by atoms with Crippen LogP contribution in [0.15, 0.2) is 16.6 Å². The fourth-order valence-corrected chi connectivity index (χ4v) is 2.88. The number of rotatable bonds is 4. The van der Waals surface area contributed by atoms with Gasteiger partial charge in [0, 0.05) is 28.2 Å². The molecule has 2 nitrogen and oxygen atoms in total. The Morgan fingerprint density at radius 1 is 1.50 bits per heavy atom. The van der Waals surface area contributed by atoms with Crippen LogP contribution in [-0.4, -0.2) is 16.0 Å². The van der Waals surface area contributed by atoms with E-state index in [9.17, 15) is 13.0 Å². The van der Waals surface area contributed by atoms with Crippen molar-refractivity contribution in [2.75, 3.05) is 5.75 Å².